The summed E-state index contributed by atoms with van der Waals surface area (Å²) in [6, 6.07) is 3.13. The van der Waals surface area contributed by atoms with E-state index in [2.05, 4.69) is 0 Å². The molecule has 4 nitrogen and oxygen atoms in total. The van der Waals surface area contributed by atoms with Crippen molar-refractivity contribution < 1.29 is 18.8 Å². The topological polar surface area (TPSA) is 58.6 Å². The number of carbonyl (C=O) groups excluding carboxylic acids is 1. The van der Waals surface area contributed by atoms with Gasteiger partial charge in [0.1, 0.15) is 12.0 Å². The molecule has 0 aliphatic carbocycles. The minimum Gasteiger partial charge on any atom is -0.612 e. The highest BCUT2D eigenvalue weighted by Gasteiger charge is 2.19. The lowest BCUT2D eigenvalue weighted by molar-refractivity contribution is 0.101. The normalized spacial score (nSPS) is 12.1. The molecule has 0 heterocycles. The van der Waals surface area contributed by atoms with Crippen LogP contribution in [0.2, 0.25) is 0 Å². The minimum absolute atomic E-state index is 0.122. The van der Waals surface area contributed by atoms with E-state index in [1.54, 1.807) is 18.4 Å². The van der Waals surface area contributed by atoms with Crippen LogP contribution in [0.4, 0.5) is 0 Å². The minimum atomic E-state index is -1.19. The number of hydrogen-bond donors (Lipinski definition) is 0. The summed E-state index contributed by atoms with van der Waals surface area (Å²) in [5, 5.41) is 0. The molecule has 0 aromatic heterocycles. The Morgan fingerprint density at radius 3 is 2.19 bits per heavy atom. The zero-order chi connectivity index (χ0) is 12.3. The maximum absolute atomic E-state index is 11.5. The van der Waals surface area contributed by atoms with Crippen LogP contribution >= 0.6 is 0 Å². The Morgan fingerprint density at radius 2 is 1.81 bits per heavy atom. The maximum atomic E-state index is 11.5. The van der Waals surface area contributed by atoms with Gasteiger partial charge >= 0.3 is 0 Å². The molecule has 0 N–H and O–H groups in total. The van der Waals surface area contributed by atoms with Gasteiger partial charge in [-0.2, -0.15) is 0 Å². The Kier molecular flexibility index (Phi) is 4.20. The van der Waals surface area contributed by atoms with Crippen LogP contribution in [0, 0.1) is 0 Å². The summed E-state index contributed by atoms with van der Waals surface area (Å²) in [6.45, 7) is 1.44. The quantitative estimate of drug-likeness (QED) is 0.595. The van der Waals surface area contributed by atoms with E-state index >= 15 is 0 Å². The molecule has 1 aromatic carbocycles. The van der Waals surface area contributed by atoms with Gasteiger partial charge in [-0.15, -0.1) is 0 Å². The van der Waals surface area contributed by atoms with Crippen molar-refractivity contribution >= 4 is 17.0 Å². The number of benzene rings is 1. The highest BCUT2D eigenvalue weighted by atomic mass is 32.2. The zero-order valence-electron chi connectivity index (χ0n) is 9.70. The van der Waals surface area contributed by atoms with Crippen LogP contribution in [0.5, 0.6) is 11.5 Å². The molecule has 0 radical (unpaired) electrons. The molecule has 0 saturated heterocycles. The van der Waals surface area contributed by atoms with E-state index in [0.717, 1.165) is 0 Å². The zero-order valence-corrected chi connectivity index (χ0v) is 10.5. The molecule has 88 valence electrons. The molecule has 1 rings (SSSR count). The first kappa shape index (κ1) is 12.9. The number of ether oxygens (including phenoxy) is 2. The second-order valence-electron chi connectivity index (χ2n) is 3.21. The fraction of sp³-hybridized carbons (Fsp3) is 0.364. The summed E-state index contributed by atoms with van der Waals surface area (Å²) < 4.78 is 21.6. The standard InChI is InChI=1S/C11H14O4S/c1-7(12)8-5-10(15-3)11(16(4)13)6-9(8)14-2/h5-6H,1-4H3. The summed E-state index contributed by atoms with van der Waals surface area (Å²) in [6.07, 6.45) is 1.55. The van der Waals surface area contributed by atoms with Gasteiger partial charge in [0.05, 0.1) is 19.8 Å². The van der Waals surface area contributed by atoms with E-state index in [4.69, 9.17) is 9.47 Å². The number of rotatable bonds is 4. The fourth-order valence-electron chi connectivity index (χ4n) is 1.37. The van der Waals surface area contributed by atoms with Gasteiger partial charge in [0.25, 0.3) is 0 Å². The lowest BCUT2D eigenvalue weighted by Crippen LogP contribution is -2.05. The Balaban J connectivity index is 3.40. The third kappa shape index (κ3) is 2.48. The van der Waals surface area contributed by atoms with Crippen molar-refractivity contribution in [3.8, 4) is 11.5 Å². The first-order valence-corrected chi connectivity index (χ1v) is 6.17. The molecule has 16 heavy (non-hydrogen) atoms. The number of hydrogen-bond acceptors (Lipinski definition) is 4. The van der Waals surface area contributed by atoms with Crippen LogP contribution in [0.3, 0.4) is 0 Å². The average Bonchev–Trinajstić information content (AvgIpc) is 2.26. The Labute approximate surface area is 97.7 Å². The van der Waals surface area contributed by atoms with Crippen molar-refractivity contribution in [1.29, 1.82) is 0 Å². The van der Waals surface area contributed by atoms with Gasteiger partial charge in [-0.05, 0) is 24.2 Å². The second-order valence-corrected chi connectivity index (χ2v) is 4.56. The molecule has 1 unspecified atom stereocenters. The fourth-order valence-corrected chi connectivity index (χ4v) is 2.07. The highest BCUT2D eigenvalue weighted by Crippen LogP contribution is 2.32. The average molecular weight is 242 g/mol. The number of ketones is 1. The van der Waals surface area contributed by atoms with E-state index in [9.17, 15) is 9.35 Å². The molecule has 0 amide bonds. The van der Waals surface area contributed by atoms with Crippen LogP contribution in [-0.4, -0.2) is 30.8 Å². The molecular formula is C11H14O4S. The number of methoxy groups -OCH3 is 2. The van der Waals surface area contributed by atoms with Crippen molar-refractivity contribution in [3.05, 3.63) is 17.7 Å². The smallest absolute Gasteiger partial charge is 0.198 e. The molecule has 5 heteroatoms. The Bertz CT molecular complexity index is 401. The van der Waals surface area contributed by atoms with Crippen LogP contribution in [-0.2, 0) is 11.2 Å². The number of carbonyl (C=O) groups is 1. The Hall–Kier alpha value is -1.20. The van der Waals surface area contributed by atoms with E-state index in [-0.39, 0.29) is 5.78 Å². The van der Waals surface area contributed by atoms with Crippen LogP contribution in [0.15, 0.2) is 17.0 Å². The van der Waals surface area contributed by atoms with Gasteiger partial charge in [-0.1, -0.05) is 0 Å². The molecular weight excluding hydrogens is 228 g/mol. The van der Waals surface area contributed by atoms with Crippen molar-refractivity contribution in [2.75, 3.05) is 20.5 Å². The molecule has 0 aliphatic heterocycles. The van der Waals surface area contributed by atoms with Crippen LogP contribution in [0.25, 0.3) is 0 Å². The number of Topliss-reactive ketones (excluding diaryl/α,β-unsaturated/α-hetero) is 1. The predicted molar refractivity (Wildman–Crippen MR) is 61.9 cm³/mol. The van der Waals surface area contributed by atoms with Gasteiger partial charge in [0.15, 0.2) is 16.4 Å². The van der Waals surface area contributed by atoms with Crippen molar-refractivity contribution in [3.63, 3.8) is 0 Å². The SMILES string of the molecule is COc1cc([S+](C)[O-])c(OC)cc1C(C)=O. The van der Waals surface area contributed by atoms with E-state index < -0.39 is 11.2 Å². The molecule has 0 saturated carbocycles. The summed E-state index contributed by atoms with van der Waals surface area (Å²) in [5.41, 5.74) is 0.425. The van der Waals surface area contributed by atoms with Crippen molar-refractivity contribution in [1.82, 2.24) is 0 Å². The predicted octanol–water partition coefficient (Wildman–Crippen LogP) is 1.64. The van der Waals surface area contributed by atoms with Gasteiger partial charge in [0.2, 0.25) is 0 Å². The molecule has 1 atom stereocenters. The van der Waals surface area contributed by atoms with Gasteiger partial charge in [0, 0.05) is 6.07 Å². The van der Waals surface area contributed by atoms with Crippen LogP contribution in [0.1, 0.15) is 17.3 Å². The summed E-state index contributed by atoms with van der Waals surface area (Å²) in [5.74, 6) is 0.730. The van der Waals surface area contributed by atoms with E-state index in [1.165, 1.54) is 21.1 Å². The maximum Gasteiger partial charge on any atom is 0.198 e. The molecule has 0 spiro atoms. The highest BCUT2D eigenvalue weighted by molar-refractivity contribution is 7.90. The van der Waals surface area contributed by atoms with E-state index in [1.807, 2.05) is 0 Å². The van der Waals surface area contributed by atoms with Gasteiger partial charge in [-0.3, -0.25) is 4.79 Å². The third-order valence-corrected chi connectivity index (χ3v) is 3.11. The molecule has 1 aromatic rings. The molecule has 0 aliphatic rings. The lowest BCUT2D eigenvalue weighted by Gasteiger charge is -2.13. The van der Waals surface area contributed by atoms with E-state index in [0.29, 0.717) is 22.0 Å². The first-order chi connectivity index (χ1) is 7.51. The summed E-state index contributed by atoms with van der Waals surface area (Å²) in [7, 11) is 2.94. The molecule has 0 bridgehead atoms. The van der Waals surface area contributed by atoms with Gasteiger partial charge in [-0.25, -0.2) is 0 Å². The largest absolute Gasteiger partial charge is 0.612 e. The Morgan fingerprint density at radius 1 is 1.25 bits per heavy atom. The van der Waals surface area contributed by atoms with Crippen molar-refractivity contribution in [2.24, 2.45) is 0 Å². The van der Waals surface area contributed by atoms with Crippen LogP contribution < -0.4 is 9.47 Å². The third-order valence-electron chi connectivity index (χ3n) is 2.17. The first-order valence-electron chi connectivity index (χ1n) is 4.61. The lowest BCUT2D eigenvalue weighted by atomic mass is 10.1. The molecule has 0 fully saturated rings. The summed E-state index contributed by atoms with van der Waals surface area (Å²) in [4.78, 5) is 11.9. The monoisotopic (exact) mass is 242 g/mol. The second kappa shape index (κ2) is 5.23. The van der Waals surface area contributed by atoms with Gasteiger partial charge < -0.3 is 14.0 Å². The van der Waals surface area contributed by atoms with Crippen molar-refractivity contribution in [2.45, 2.75) is 11.8 Å². The summed E-state index contributed by atoms with van der Waals surface area (Å²) >= 11 is -1.19.